The summed E-state index contributed by atoms with van der Waals surface area (Å²) >= 11 is 0. The molecule has 2 aromatic rings. The van der Waals surface area contributed by atoms with Gasteiger partial charge >= 0.3 is 0 Å². The molecule has 1 aromatic heterocycles. The molecule has 0 unspecified atom stereocenters. The minimum absolute atomic E-state index is 0.191. The molecule has 0 spiro atoms. The van der Waals surface area contributed by atoms with Crippen molar-refractivity contribution in [2.75, 3.05) is 23.3 Å². The molecule has 0 fully saturated rings. The van der Waals surface area contributed by atoms with E-state index in [0.29, 0.717) is 11.5 Å². The molecule has 1 aromatic carbocycles. The van der Waals surface area contributed by atoms with Gasteiger partial charge in [0, 0.05) is 31.2 Å². The molecule has 1 N–H and O–H groups in total. The fourth-order valence-corrected chi connectivity index (χ4v) is 2.36. The first-order chi connectivity index (χ1) is 11.2. The van der Waals surface area contributed by atoms with E-state index in [1.54, 1.807) is 12.4 Å². The maximum absolute atomic E-state index is 12.3. The maximum Gasteiger partial charge on any atom is 0.258 e. The van der Waals surface area contributed by atoms with Crippen molar-refractivity contribution < 1.29 is 4.79 Å². The van der Waals surface area contributed by atoms with Crippen LogP contribution in [0.25, 0.3) is 0 Å². The van der Waals surface area contributed by atoms with Gasteiger partial charge < -0.3 is 10.2 Å². The lowest BCUT2D eigenvalue weighted by Crippen LogP contribution is -2.27. The Labute approximate surface area is 137 Å². The molecule has 23 heavy (non-hydrogen) atoms. The average molecular weight is 312 g/mol. The minimum atomic E-state index is -0.191. The number of hydrogen-bond donors (Lipinski definition) is 1. The first-order valence-electron chi connectivity index (χ1n) is 8.09. The van der Waals surface area contributed by atoms with Crippen molar-refractivity contribution >= 4 is 17.5 Å². The van der Waals surface area contributed by atoms with E-state index in [9.17, 15) is 4.79 Å². The maximum atomic E-state index is 12.3. The van der Waals surface area contributed by atoms with Crippen LogP contribution < -0.4 is 10.2 Å². The summed E-state index contributed by atoms with van der Waals surface area (Å²) in [6.45, 7) is 8.06. The van der Waals surface area contributed by atoms with Crippen LogP contribution in [0.15, 0.2) is 36.7 Å². The molecule has 0 radical (unpaired) electrons. The lowest BCUT2D eigenvalue weighted by Gasteiger charge is -2.21. The predicted octanol–water partition coefficient (Wildman–Crippen LogP) is 3.66. The van der Waals surface area contributed by atoms with Crippen molar-refractivity contribution in [1.82, 2.24) is 9.97 Å². The SMILES string of the molecule is CCCN(CCC)c1ncc(C(=O)Nc2ccccc2C)cn1. The minimum Gasteiger partial charge on any atom is -0.341 e. The summed E-state index contributed by atoms with van der Waals surface area (Å²) in [7, 11) is 0. The van der Waals surface area contributed by atoms with Gasteiger partial charge in [0.1, 0.15) is 0 Å². The van der Waals surface area contributed by atoms with Crippen molar-refractivity contribution in [3.05, 3.63) is 47.8 Å². The first kappa shape index (κ1) is 16.9. The Bertz CT molecular complexity index is 634. The van der Waals surface area contributed by atoms with Crippen LogP contribution in [0.3, 0.4) is 0 Å². The van der Waals surface area contributed by atoms with Gasteiger partial charge in [-0.3, -0.25) is 4.79 Å². The Balaban J connectivity index is 2.09. The molecule has 1 amide bonds. The second kappa shape index (κ2) is 8.27. The normalized spacial score (nSPS) is 10.4. The molecule has 0 bridgehead atoms. The number of anilines is 2. The van der Waals surface area contributed by atoms with Crippen LogP contribution in [0.2, 0.25) is 0 Å². The summed E-state index contributed by atoms with van der Waals surface area (Å²) in [4.78, 5) is 23.1. The number of carbonyl (C=O) groups excluding carboxylic acids is 1. The molecule has 0 saturated heterocycles. The number of aryl methyl sites for hydroxylation is 1. The second-order valence-corrected chi connectivity index (χ2v) is 5.53. The molecule has 0 aliphatic carbocycles. The standard InChI is InChI=1S/C18H24N4O/c1-4-10-22(11-5-2)18-19-12-15(13-20-18)17(23)21-16-9-7-6-8-14(16)3/h6-9,12-13H,4-5,10-11H2,1-3H3,(H,21,23). The van der Waals surface area contributed by atoms with Gasteiger partial charge in [0.25, 0.3) is 5.91 Å². The van der Waals surface area contributed by atoms with Crippen LogP contribution >= 0.6 is 0 Å². The lowest BCUT2D eigenvalue weighted by atomic mass is 10.2. The molecule has 5 heteroatoms. The Morgan fingerprint density at radius 1 is 1.09 bits per heavy atom. The molecular formula is C18H24N4O. The highest BCUT2D eigenvalue weighted by Gasteiger charge is 2.11. The van der Waals surface area contributed by atoms with Gasteiger partial charge in [-0.1, -0.05) is 32.0 Å². The Morgan fingerprint density at radius 2 is 1.70 bits per heavy atom. The summed E-state index contributed by atoms with van der Waals surface area (Å²) in [5, 5.41) is 2.89. The number of carbonyl (C=O) groups is 1. The van der Waals surface area contributed by atoms with E-state index in [0.717, 1.165) is 37.2 Å². The molecular weight excluding hydrogens is 288 g/mol. The zero-order valence-electron chi connectivity index (χ0n) is 14.0. The second-order valence-electron chi connectivity index (χ2n) is 5.53. The zero-order chi connectivity index (χ0) is 16.7. The zero-order valence-corrected chi connectivity index (χ0v) is 14.0. The van der Waals surface area contributed by atoms with Gasteiger partial charge in [-0.05, 0) is 31.4 Å². The summed E-state index contributed by atoms with van der Waals surface area (Å²) in [5.41, 5.74) is 2.29. The number of para-hydroxylation sites is 1. The Hall–Kier alpha value is -2.43. The predicted molar refractivity (Wildman–Crippen MR) is 94.0 cm³/mol. The van der Waals surface area contributed by atoms with E-state index in [-0.39, 0.29) is 5.91 Å². The monoisotopic (exact) mass is 312 g/mol. The number of rotatable bonds is 7. The van der Waals surface area contributed by atoms with Gasteiger partial charge in [-0.15, -0.1) is 0 Å². The van der Waals surface area contributed by atoms with Crippen LogP contribution in [0, 0.1) is 6.92 Å². The third-order valence-corrected chi connectivity index (χ3v) is 3.56. The number of amides is 1. The first-order valence-corrected chi connectivity index (χ1v) is 8.09. The average Bonchev–Trinajstić information content (AvgIpc) is 2.57. The third-order valence-electron chi connectivity index (χ3n) is 3.56. The van der Waals surface area contributed by atoms with Gasteiger partial charge in [0.2, 0.25) is 5.95 Å². The molecule has 122 valence electrons. The largest absolute Gasteiger partial charge is 0.341 e. The molecule has 1 heterocycles. The summed E-state index contributed by atoms with van der Waals surface area (Å²) in [6, 6.07) is 7.68. The highest BCUT2D eigenvalue weighted by Crippen LogP contribution is 2.15. The van der Waals surface area contributed by atoms with Gasteiger partial charge in [0.15, 0.2) is 0 Å². The molecule has 0 aliphatic rings. The van der Waals surface area contributed by atoms with Crippen LogP contribution in [0.4, 0.5) is 11.6 Å². The summed E-state index contributed by atoms with van der Waals surface area (Å²) < 4.78 is 0. The molecule has 0 aliphatic heterocycles. The molecule has 2 rings (SSSR count). The molecule has 0 saturated carbocycles. The smallest absolute Gasteiger partial charge is 0.258 e. The number of hydrogen-bond acceptors (Lipinski definition) is 4. The fraction of sp³-hybridized carbons (Fsp3) is 0.389. The Morgan fingerprint density at radius 3 is 2.26 bits per heavy atom. The van der Waals surface area contributed by atoms with E-state index in [1.165, 1.54) is 0 Å². The van der Waals surface area contributed by atoms with Crippen molar-refractivity contribution in [2.24, 2.45) is 0 Å². The van der Waals surface area contributed by atoms with Crippen molar-refractivity contribution in [3.63, 3.8) is 0 Å². The summed E-state index contributed by atoms with van der Waals surface area (Å²) in [6.07, 6.45) is 5.26. The van der Waals surface area contributed by atoms with E-state index in [4.69, 9.17) is 0 Å². The molecule has 5 nitrogen and oxygen atoms in total. The quantitative estimate of drug-likeness (QED) is 0.847. The Kier molecular flexibility index (Phi) is 6.09. The number of benzene rings is 1. The highest BCUT2D eigenvalue weighted by atomic mass is 16.1. The van der Waals surface area contributed by atoms with E-state index in [2.05, 4.69) is 34.0 Å². The van der Waals surface area contributed by atoms with Crippen molar-refractivity contribution in [3.8, 4) is 0 Å². The number of aromatic nitrogens is 2. The fourth-order valence-electron chi connectivity index (χ4n) is 2.36. The van der Waals surface area contributed by atoms with Crippen LogP contribution in [0.1, 0.15) is 42.6 Å². The number of nitrogens with zero attached hydrogens (tertiary/aromatic N) is 3. The lowest BCUT2D eigenvalue weighted by molar-refractivity contribution is 0.102. The highest BCUT2D eigenvalue weighted by molar-refractivity contribution is 6.04. The van der Waals surface area contributed by atoms with Crippen LogP contribution in [-0.2, 0) is 0 Å². The van der Waals surface area contributed by atoms with Crippen molar-refractivity contribution in [2.45, 2.75) is 33.6 Å². The molecule has 0 atom stereocenters. The topological polar surface area (TPSA) is 58.1 Å². The summed E-state index contributed by atoms with van der Waals surface area (Å²) in [5.74, 6) is 0.490. The van der Waals surface area contributed by atoms with Gasteiger partial charge in [0.05, 0.1) is 5.56 Å². The van der Waals surface area contributed by atoms with E-state index in [1.807, 2.05) is 31.2 Å². The van der Waals surface area contributed by atoms with E-state index >= 15 is 0 Å². The van der Waals surface area contributed by atoms with Crippen LogP contribution in [-0.4, -0.2) is 29.0 Å². The van der Waals surface area contributed by atoms with Crippen LogP contribution in [0.5, 0.6) is 0 Å². The number of nitrogens with one attached hydrogen (secondary N) is 1. The third kappa shape index (κ3) is 4.52. The van der Waals surface area contributed by atoms with Gasteiger partial charge in [-0.2, -0.15) is 0 Å². The van der Waals surface area contributed by atoms with E-state index < -0.39 is 0 Å². The van der Waals surface area contributed by atoms with Crippen molar-refractivity contribution in [1.29, 1.82) is 0 Å². The van der Waals surface area contributed by atoms with Gasteiger partial charge in [-0.25, -0.2) is 9.97 Å².